The number of hydrogen-bond donors (Lipinski definition) is 0. The molecule has 0 aliphatic heterocycles. The van der Waals surface area contributed by atoms with Crippen LogP contribution in [0.25, 0.3) is 11.1 Å². The van der Waals surface area contributed by atoms with E-state index in [0.29, 0.717) is 17.0 Å². The summed E-state index contributed by atoms with van der Waals surface area (Å²) in [5, 5.41) is 19.9. The molecule has 0 bridgehead atoms. The SMILES string of the molecule is CCCCCCC[C@H]1CC[C@H](c2ccc(-c3ccc(CCC)cc3)c(C#N)c2C#N)CC1. The summed E-state index contributed by atoms with van der Waals surface area (Å²) in [5.74, 6) is 1.25. The summed E-state index contributed by atoms with van der Waals surface area (Å²) in [5.41, 5.74) is 5.47. The van der Waals surface area contributed by atoms with Crippen molar-refractivity contribution in [3.05, 3.63) is 58.7 Å². The summed E-state index contributed by atoms with van der Waals surface area (Å²) in [6.07, 6.45) is 15.1. The van der Waals surface area contributed by atoms with Crippen LogP contribution in [0.4, 0.5) is 0 Å². The number of aryl methyl sites for hydroxylation is 1. The molecule has 1 aliphatic carbocycles. The van der Waals surface area contributed by atoms with Crippen LogP contribution in [0.1, 0.15) is 113 Å². The Hall–Kier alpha value is -2.58. The van der Waals surface area contributed by atoms with Crippen LogP contribution >= 0.6 is 0 Å². The Bertz CT molecular complexity index is 935. The van der Waals surface area contributed by atoms with Gasteiger partial charge in [0.05, 0.1) is 11.1 Å². The van der Waals surface area contributed by atoms with E-state index in [1.54, 1.807) is 0 Å². The van der Waals surface area contributed by atoms with Gasteiger partial charge in [0.2, 0.25) is 0 Å². The highest BCUT2D eigenvalue weighted by Crippen LogP contribution is 2.41. The summed E-state index contributed by atoms with van der Waals surface area (Å²) >= 11 is 0. The Morgan fingerprint density at radius 2 is 1.44 bits per heavy atom. The molecule has 2 heteroatoms. The zero-order chi connectivity index (χ0) is 22.8. The molecule has 0 N–H and O–H groups in total. The molecule has 1 fully saturated rings. The number of rotatable bonds is 10. The molecule has 0 atom stereocenters. The summed E-state index contributed by atoms with van der Waals surface area (Å²) in [7, 11) is 0. The van der Waals surface area contributed by atoms with Crippen molar-refractivity contribution in [1.29, 1.82) is 10.5 Å². The Morgan fingerprint density at radius 1 is 0.750 bits per heavy atom. The number of hydrogen-bond acceptors (Lipinski definition) is 2. The van der Waals surface area contributed by atoms with E-state index in [0.717, 1.165) is 48.3 Å². The quantitative estimate of drug-likeness (QED) is 0.357. The molecule has 2 aromatic carbocycles. The van der Waals surface area contributed by atoms with Gasteiger partial charge in [0.25, 0.3) is 0 Å². The second-order valence-electron chi connectivity index (χ2n) is 9.54. The lowest BCUT2D eigenvalue weighted by molar-refractivity contribution is 0.301. The van der Waals surface area contributed by atoms with Crippen LogP contribution in [0.5, 0.6) is 0 Å². The normalized spacial score (nSPS) is 18.1. The Labute approximate surface area is 195 Å². The van der Waals surface area contributed by atoms with Crippen molar-refractivity contribution in [2.45, 2.75) is 96.8 Å². The molecule has 0 radical (unpaired) electrons. The number of unbranched alkanes of at least 4 members (excludes halogenated alkanes) is 4. The maximum atomic E-state index is 9.98. The number of nitrogens with zero attached hydrogens (tertiary/aromatic N) is 2. The Kier molecular flexibility index (Phi) is 9.37. The standard InChI is InChI=1S/C30H38N2/c1-3-5-6-7-8-10-24-13-17-26(18-14-24)28-20-19-27(29(21-31)30(28)22-32)25-15-11-23(9-4-2)12-16-25/h11-12,15-16,19-20,24,26H,3-10,13-14,17-18H2,1-2H3/t24-,26-. The summed E-state index contributed by atoms with van der Waals surface area (Å²) in [4.78, 5) is 0. The van der Waals surface area contributed by atoms with Crippen LogP contribution < -0.4 is 0 Å². The minimum Gasteiger partial charge on any atom is -0.192 e. The lowest BCUT2D eigenvalue weighted by Gasteiger charge is -2.29. The molecular weight excluding hydrogens is 388 g/mol. The molecule has 0 saturated heterocycles. The second kappa shape index (κ2) is 12.5. The smallest absolute Gasteiger partial charge is 0.101 e. The molecule has 0 spiro atoms. The molecule has 2 nitrogen and oxygen atoms in total. The van der Waals surface area contributed by atoms with Crippen molar-refractivity contribution >= 4 is 0 Å². The zero-order valence-electron chi connectivity index (χ0n) is 20.0. The molecule has 3 rings (SSSR count). The molecule has 0 amide bonds. The van der Waals surface area contributed by atoms with Crippen molar-refractivity contribution in [1.82, 2.24) is 0 Å². The monoisotopic (exact) mass is 426 g/mol. The molecule has 32 heavy (non-hydrogen) atoms. The first-order chi connectivity index (χ1) is 15.7. The fourth-order valence-corrected chi connectivity index (χ4v) is 5.37. The number of benzene rings is 2. The van der Waals surface area contributed by atoms with Crippen molar-refractivity contribution in [2.75, 3.05) is 0 Å². The summed E-state index contributed by atoms with van der Waals surface area (Å²) in [6.45, 7) is 4.45. The van der Waals surface area contributed by atoms with Gasteiger partial charge in [0.1, 0.15) is 12.1 Å². The van der Waals surface area contributed by atoms with E-state index < -0.39 is 0 Å². The van der Waals surface area contributed by atoms with Gasteiger partial charge in [-0.25, -0.2) is 0 Å². The van der Waals surface area contributed by atoms with Crippen molar-refractivity contribution in [3.63, 3.8) is 0 Å². The highest BCUT2D eigenvalue weighted by Gasteiger charge is 2.26. The molecular formula is C30H38N2. The van der Waals surface area contributed by atoms with Crippen LogP contribution in [-0.2, 0) is 6.42 Å². The highest BCUT2D eigenvalue weighted by molar-refractivity contribution is 5.75. The van der Waals surface area contributed by atoms with Gasteiger partial charge in [-0.05, 0) is 60.6 Å². The third-order valence-electron chi connectivity index (χ3n) is 7.27. The lowest BCUT2D eigenvalue weighted by atomic mass is 9.75. The average Bonchev–Trinajstić information content (AvgIpc) is 2.84. The Balaban J connectivity index is 1.71. The van der Waals surface area contributed by atoms with Gasteiger partial charge in [0, 0.05) is 5.56 Å². The van der Waals surface area contributed by atoms with Crippen molar-refractivity contribution < 1.29 is 0 Å². The summed E-state index contributed by atoms with van der Waals surface area (Å²) in [6, 6.07) is 17.4. The van der Waals surface area contributed by atoms with Crippen LogP contribution in [0.15, 0.2) is 36.4 Å². The minimum absolute atomic E-state index is 0.411. The molecule has 0 aromatic heterocycles. The van der Waals surface area contributed by atoms with Crippen LogP contribution in [-0.4, -0.2) is 0 Å². The molecule has 0 heterocycles. The molecule has 168 valence electrons. The molecule has 2 aromatic rings. The maximum absolute atomic E-state index is 9.98. The van der Waals surface area contributed by atoms with Gasteiger partial charge in [0.15, 0.2) is 0 Å². The van der Waals surface area contributed by atoms with Gasteiger partial charge >= 0.3 is 0 Å². The predicted molar refractivity (Wildman–Crippen MR) is 133 cm³/mol. The van der Waals surface area contributed by atoms with Crippen LogP contribution in [0.2, 0.25) is 0 Å². The van der Waals surface area contributed by atoms with E-state index in [1.165, 1.54) is 56.9 Å². The summed E-state index contributed by atoms with van der Waals surface area (Å²) < 4.78 is 0. The van der Waals surface area contributed by atoms with Gasteiger partial charge in [-0.3, -0.25) is 0 Å². The third-order valence-corrected chi connectivity index (χ3v) is 7.27. The van der Waals surface area contributed by atoms with Gasteiger partial charge in [-0.15, -0.1) is 0 Å². The molecule has 1 saturated carbocycles. The van der Waals surface area contributed by atoms with E-state index >= 15 is 0 Å². The topological polar surface area (TPSA) is 47.6 Å². The fourth-order valence-electron chi connectivity index (χ4n) is 5.37. The number of nitriles is 2. The van der Waals surface area contributed by atoms with Gasteiger partial charge < -0.3 is 0 Å². The van der Waals surface area contributed by atoms with E-state index in [2.05, 4.69) is 62.4 Å². The van der Waals surface area contributed by atoms with E-state index in [4.69, 9.17) is 0 Å². The predicted octanol–water partition coefficient (Wildman–Crippen LogP) is 8.68. The average molecular weight is 427 g/mol. The van der Waals surface area contributed by atoms with Crippen molar-refractivity contribution in [2.24, 2.45) is 5.92 Å². The first kappa shape index (κ1) is 24.1. The van der Waals surface area contributed by atoms with Crippen molar-refractivity contribution in [3.8, 4) is 23.3 Å². The molecule has 0 unspecified atom stereocenters. The first-order valence-corrected chi connectivity index (χ1v) is 12.8. The highest BCUT2D eigenvalue weighted by atomic mass is 14.3. The largest absolute Gasteiger partial charge is 0.192 e. The van der Waals surface area contributed by atoms with Crippen LogP contribution in [0, 0.1) is 28.6 Å². The Morgan fingerprint density at radius 3 is 2.06 bits per heavy atom. The van der Waals surface area contributed by atoms with E-state index in [-0.39, 0.29) is 0 Å². The zero-order valence-corrected chi connectivity index (χ0v) is 20.0. The van der Waals surface area contributed by atoms with Gasteiger partial charge in [-0.1, -0.05) is 95.2 Å². The first-order valence-electron chi connectivity index (χ1n) is 12.8. The minimum atomic E-state index is 0.411. The fraction of sp³-hybridized carbons (Fsp3) is 0.533. The van der Waals surface area contributed by atoms with Crippen LogP contribution in [0.3, 0.4) is 0 Å². The van der Waals surface area contributed by atoms with E-state index in [9.17, 15) is 10.5 Å². The van der Waals surface area contributed by atoms with Gasteiger partial charge in [-0.2, -0.15) is 10.5 Å². The lowest BCUT2D eigenvalue weighted by Crippen LogP contribution is -2.15. The van der Waals surface area contributed by atoms with E-state index in [1.807, 2.05) is 0 Å². The third kappa shape index (κ3) is 6.01. The second-order valence-corrected chi connectivity index (χ2v) is 9.54. The molecule has 1 aliphatic rings. The maximum Gasteiger partial charge on any atom is 0.101 e.